The van der Waals surface area contributed by atoms with Crippen LogP contribution >= 0.6 is 10.7 Å². The highest BCUT2D eigenvalue weighted by Crippen LogP contribution is 2.38. The lowest BCUT2D eigenvalue weighted by atomic mass is 10.2. The van der Waals surface area contributed by atoms with Crippen LogP contribution in [-0.2, 0) is 15.5 Å². The van der Waals surface area contributed by atoms with Crippen molar-refractivity contribution in [2.45, 2.75) is 31.6 Å². The van der Waals surface area contributed by atoms with Crippen LogP contribution in [0.25, 0.3) is 0 Å². The molecule has 0 bridgehead atoms. The topological polar surface area (TPSA) is 83.1 Å². The van der Waals surface area contributed by atoms with Gasteiger partial charge in [0.15, 0.2) is 5.69 Å². The van der Waals surface area contributed by atoms with E-state index in [-0.39, 0.29) is 10.6 Å². The van der Waals surface area contributed by atoms with Crippen LogP contribution in [0.15, 0.2) is 4.90 Å². The van der Waals surface area contributed by atoms with Gasteiger partial charge in [-0.25, -0.2) is 8.42 Å². The fraction of sp³-hybridized carbons (Fsp3) is 0.667. The lowest BCUT2D eigenvalue weighted by molar-refractivity contribution is 0.0777. The molecule has 8 heteroatoms. The van der Waals surface area contributed by atoms with Gasteiger partial charge in [0.1, 0.15) is 4.90 Å². The molecule has 6 nitrogen and oxygen atoms in total. The van der Waals surface area contributed by atoms with E-state index in [1.165, 1.54) is 4.90 Å². The highest BCUT2D eigenvalue weighted by molar-refractivity contribution is 8.13. The van der Waals surface area contributed by atoms with Gasteiger partial charge in [0.25, 0.3) is 15.0 Å². The number of aryl methyl sites for hydroxylation is 1. The lowest BCUT2D eigenvalue weighted by Crippen LogP contribution is -2.30. The molecule has 1 amide bonds. The Balaban J connectivity index is 2.28. The second kappa shape index (κ2) is 5.37. The molecular weight excluding hydrogens is 302 g/mol. The number of aromatic amines is 1. The molecule has 0 aromatic carbocycles. The van der Waals surface area contributed by atoms with Crippen molar-refractivity contribution < 1.29 is 13.2 Å². The van der Waals surface area contributed by atoms with E-state index < -0.39 is 15.0 Å². The average molecular weight is 320 g/mol. The highest BCUT2D eigenvalue weighted by Gasteiger charge is 2.36. The molecule has 1 saturated carbocycles. The summed E-state index contributed by atoms with van der Waals surface area (Å²) >= 11 is 0. The van der Waals surface area contributed by atoms with Crippen molar-refractivity contribution in [1.29, 1.82) is 0 Å². The van der Waals surface area contributed by atoms with Gasteiger partial charge < -0.3 is 4.90 Å². The van der Waals surface area contributed by atoms with Crippen molar-refractivity contribution in [3.05, 3.63) is 11.4 Å². The molecule has 1 aromatic rings. The number of nitrogens with zero attached hydrogens (tertiary/aromatic N) is 2. The Hall–Kier alpha value is -1.08. The predicted octanol–water partition coefficient (Wildman–Crippen LogP) is 1.63. The minimum Gasteiger partial charge on any atom is -0.340 e. The Kier molecular flexibility index (Phi) is 4.11. The van der Waals surface area contributed by atoms with Crippen LogP contribution in [0.2, 0.25) is 0 Å². The molecule has 1 heterocycles. The summed E-state index contributed by atoms with van der Waals surface area (Å²) in [6.45, 7) is 4.50. The van der Waals surface area contributed by atoms with Gasteiger partial charge in [-0.3, -0.25) is 9.89 Å². The summed E-state index contributed by atoms with van der Waals surface area (Å²) < 4.78 is 23.3. The first-order valence-corrected chi connectivity index (χ1v) is 8.84. The largest absolute Gasteiger partial charge is 0.340 e. The lowest BCUT2D eigenvalue weighted by Gasteiger charge is -2.16. The second-order valence-electron chi connectivity index (χ2n) is 5.33. The van der Waals surface area contributed by atoms with E-state index in [1.807, 2.05) is 0 Å². The van der Waals surface area contributed by atoms with Crippen LogP contribution in [-0.4, -0.2) is 43.0 Å². The molecule has 112 valence electrons. The Morgan fingerprint density at radius 2 is 2.15 bits per heavy atom. The summed E-state index contributed by atoms with van der Waals surface area (Å²) in [6.07, 6.45) is 1.50. The van der Waals surface area contributed by atoms with Gasteiger partial charge in [0, 0.05) is 24.3 Å². The molecule has 1 aromatic heterocycles. The Labute approximate surface area is 122 Å². The number of aromatic nitrogens is 2. The number of halogens is 1. The standard InChI is InChI=1S/C12H18ClN3O3S/c1-4-9-11(20(13,18)19)10(15-14-9)12(17)16(3)6-8-5-7(8)2/h7-8H,4-6H2,1-3H3,(H,14,15). The normalized spacial score (nSPS) is 21.8. The number of carbonyl (C=O) groups is 1. The number of nitrogens with one attached hydrogen (secondary N) is 1. The molecule has 2 unspecified atom stereocenters. The maximum Gasteiger partial charge on any atom is 0.275 e. The van der Waals surface area contributed by atoms with Crippen LogP contribution in [0, 0.1) is 11.8 Å². The SMILES string of the molecule is CCc1[nH]nc(C(=O)N(C)CC2CC2C)c1S(=O)(=O)Cl. The minimum absolute atomic E-state index is 0.118. The summed E-state index contributed by atoms with van der Waals surface area (Å²) in [5.41, 5.74) is 0.240. The molecule has 2 atom stereocenters. The number of H-pyrrole nitrogens is 1. The third-order valence-corrected chi connectivity index (χ3v) is 5.11. The van der Waals surface area contributed by atoms with Gasteiger partial charge in [0.05, 0.1) is 5.69 Å². The Morgan fingerprint density at radius 3 is 2.60 bits per heavy atom. The molecule has 0 radical (unpaired) electrons. The summed E-state index contributed by atoms with van der Waals surface area (Å²) in [4.78, 5) is 13.6. The first-order valence-electron chi connectivity index (χ1n) is 6.53. The van der Waals surface area contributed by atoms with Crippen LogP contribution in [0.4, 0.5) is 0 Å². The van der Waals surface area contributed by atoms with Gasteiger partial charge >= 0.3 is 0 Å². The number of hydrogen-bond donors (Lipinski definition) is 1. The van der Waals surface area contributed by atoms with Crippen molar-refractivity contribution in [3.8, 4) is 0 Å². The van der Waals surface area contributed by atoms with Gasteiger partial charge in [-0.2, -0.15) is 5.10 Å². The molecule has 0 saturated heterocycles. The van der Waals surface area contributed by atoms with E-state index in [0.717, 1.165) is 6.42 Å². The van der Waals surface area contributed by atoms with Crippen LogP contribution in [0.3, 0.4) is 0 Å². The average Bonchev–Trinajstić information content (AvgIpc) is 2.90. The van der Waals surface area contributed by atoms with E-state index in [0.29, 0.717) is 30.5 Å². The Bertz CT molecular complexity index is 626. The van der Waals surface area contributed by atoms with Gasteiger partial charge in [0.2, 0.25) is 0 Å². The predicted molar refractivity (Wildman–Crippen MR) is 75.2 cm³/mol. The molecule has 1 N–H and O–H groups in total. The molecule has 2 rings (SSSR count). The van der Waals surface area contributed by atoms with Crippen molar-refractivity contribution in [2.24, 2.45) is 11.8 Å². The maximum atomic E-state index is 12.3. The van der Waals surface area contributed by atoms with Crippen LogP contribution in [0.5, 0.6) is 0 Å². The van der Waals surface area contributed by atoms with Crippen molar-refractivity contribution in [3.63, 3.8) is 0 Å². The Morgan fingerprint density at radius 1 is 1.55 bits per heavy atom. The molecule has 20 heavy (non-hydrogen) atoms. The zero-order chi connectivity index (χ0) is 15.1. The minimum atomic E-state index is -4.00. The first-order chi connectivity index (χ1) is 9.25. The van der Waals surface area contributed by atoms with E-state index in [4.69, 9.17) is 10.7 Å². The van der Waals surface area contributed by atoms with Gasteiger partial charge in [-0.15, -0.1) is 0 Å². The monoisotopic (exact) mass is 319 g/mol. The van der Waals surface area contributed by atoms with E-state index in [2.05, 4.69) is 17.1 Å². The van der Waals surface area contributed by atoms with Gasteiger partial charge in [-0.05, 0) is 24.7 Å². The van der Waals surface area contributed by atoms with E-state index in [1.54, 1.807) is 14.0 Å². The molecule has 0 aliphatic heterocycles. The first kappa shape index (κ1) is 15.3. The number of rotatable bonds is 5. The highest BCUT2D eigenvalue weighted by atomic mass is 35.7. The van der Waals surface area contributed by atoms with Crippen molar-refractivity contribution in [2.75, 3.05) is 13.6 Å². The maximum absolute atomic E-state index is 12.3. The molecule has 1 aliphatic rings. The molecule has 0 spiro atoms. The van der Waals surface area contributed by atoms with Crippen LogP contribution < -0.4 is 0 Å². The van der Waals surface area contributed by atoms with Gasteiger partial charge in [-0.1, -0.05) is 13.8 Å². The molecular formula is C12H18ClN3O3S. The molecule has 1 fully saturated rings. The zero-order valence-corrected chi connectivity index (χ0v) is 13.3. The number of amides is 1. The third kappa shape index (κ3) is 2.98. The summed E-state index contributed by atoms with van der Waals surface area (Å²) in [5.74, 6) is 0.690. The summed E-state index contributed by atoms with van der Waals surface area (Å²) in [5, 5.41) is 6.42. The smallest absolute Gasteiger partial charge is 0.275 e. The second-order valence-corrected chi connectivity index (χ2v) is 7.83. The number of hydrogen-bond acceptors (Lipinski definition) is 4. The fourth-order valence-corrected chi connectivity index (χ4v) is 3.63. The van der Waals surface area contributed by atoms with Crippen LogP contribution in [0.1, 0.15) is 36.5 Å². The van der Waals surface area contributed by atoms with Crippen molar-refractivity contribution >= 4 is 25.6 Å². The molecule has 1 aliphatic carbocycles. The third-order valence-electron chi connectivity index (χ3n) is 3.72. The van der Waals surface area contributed by atoms with Crippen molar-refractivity contribution in [1.82, 2.24) is 15.1 Å². The van der Waals surface area contributed by atoms with E-state index in [9.17, 15) is 13.2 Å². The summed E-state index contributed by atoms with van der Waals surface area (Å²) in [6, 6.07) is 0. The summed E-state index contributed by atoms with van der Waals surface area (Å²) in [7, 11) is 3.07. The van der Waals surface area contributed by atoms with E-state index >= 15 is 0 Å². The quantitative estimate of drug-likeness (QED) is 0.836. The fourth-order valence-electron chi connectivity index (χ4n) is 2.28. The number of carbonyl (C=O) groups excluding carboxylic acids is 1. The zero-order valence-electron chi connectivity index (χ0n) is 11.7.